The molecule has 0 bridgehead atoms. The van der Waals surface area contributed by atoms with Crippen molar-refractivity contribution in [3.8, 4) is 0 Å². The van der Waals surface area contributed by atoms with Gasteiger partial charge in [-0.1, -0.05) is 12.1 Å². The molecule has 19 heavy (non-hydrogen) atoms. The van der Waals surface area contributed by atoms with Crippen molar-refractivity contribution in [2.75, 3.05) is 6.61 Å². The van der Waals surface area contributed by atoms with Gasteiger partial charge in [-0.15, -0.1) is 0 Å². The maximum Gasteiger partial charge on any atom is 0.248 e. The van der Waals surface area contributed by atoms with Gasteiger partial charge in [-0.05, 0) is 25.8 Å². The van der Waals surface area contributed by atoms with Gasteiger partial charge < -0.3 is 9.26 Å². The summed E-state index contributed by atoms with van der Waals surface area (Å²) in [5.41, 5.74) is 0.979. The fraction of sp³-hybridized carbons (Fsp3) is 0.615. The zero-order chi connectivity index (χ0) is 13.2. The Balaban J connectivity index is 1.68. The molecule has 2 aromatic rings. The van der Waals surface area contributed by atoms with E-state index in [-0.39, 0.29) is 12.0 Å². The number of aromatic nitrogens is 4. The van der Waals surface area contributed by atoms with Crippen LogP contribution in [-0.4, -0.2) is 32.6 Å². The zero-order valence-electron chi connectivity index (χ0n) is 11.2. The molecule has 1 aliphatic rings. The lowest BCUT2D eigenvalue weighted by Gasteiger charge is -2.14. The van der Waals surface area contributed by atoms with E-state index >= 15 is 0 Å². The summed E-state index contributed by atoms with van der Waals surface area (Å²) < 4.78 is 12.7. The Morgan fingerprint density at radius 1 is 1.53 bits per heavy atom. The van der Waals surface area contributed by atoms with E-state index in [0.29, 0.717) is 12.4 Å². The van der Waals surface area contributed by atoms with Crippen LogP contribution in [0.3, 0.4) is 0 Å². The largest absolute Gasteiger partial charge is 0.377 e. The van der Waals surface area contributed by atoms with Gasteiger partial charge in [0.1, 0.15) is 6.54 Å². The number of aryl methyl sites for hydroxylation is 1. The molecule has 1 fully saturated rings. The van der Waals surface area contributed by atoms with Crippen LogP contribution in [0.4, 0.5) is 0 Å². The van der Waals surface area contributed by atoms with Crippen LogP contribution in [0, 0.1) is 6.92 Å². The maximum absolute atomic E-state index is 5.66. The van der Waals surface area contributed by atoms with Crippen LogP contribution < -0.4 is 0 Å². The summed E-state index contributed by atoms with van der Waals surface area (Å²) in [4.78, 5) is 4.44. The molecule has 0 N–H and O–H groups in total. The standard InChI is InChI=1S/C13H18N4O2/c1-9-5-6-17(15-9)8-12-14-13(16-19-12)10(2)11-4-3-7-18-11/h5-6,10-11H,3-4,7-8H2,1-2H3. The van der Waals surface area contributed by atoms with Crippen LogP contribution in [0.25, 0.3) is 0 Å². The molecule has 1 aliphatic heterocycles. The summed E-state index contributed by atoms with van der Waals surface area (Å²) in [5.74, 6) is 1.49. The van der Waals surface area contributed by atoms with E-state index in [2.05, 4.69) is 22.2 Å². The highest BCUT2D eigenvalue weighted by Gasteiger charge is 2.27. The molecule has 1 saturated heterocycles. The molecule has 102 valence electrons. The maximum atomic E-state index is 5.66. The molecule has 0 aliphatic carbocycles. The predicted octanol–water partition coefficient (Wildman–Crippen LogP) is 1.91. The summed E-state index contributed by atoms with van der Waals surface area (Å²) in [5, 5.41) is 8.36. The van der Waals surface area contributed by atoms with Crippen LogP contribution in [0.15, 0.2) is 16.8 Å². The van der Waals surface area contributed by atoms with E-state index in [1.165, 1.54) is 0 Å². The second-order valence-electron chi connectivity index (χ2n) is 5.04. The molecule has 3 heterocycles. The van der Waals surface area contributed by atoms with E-state index in [4.69, 9.17) is 9.26 Å². The van der Waals surface area contributed by atoms with Crippen LogP contribution in [0.2, 0.25) is 0 Å². The van der Waals surface area contributed by atoms with Gasteiger partial charge in [-0.2, -0.15) is 10.1 Å². The molecule has 2 atom stereocenters. The first kappa shape index (κ1) is 12.3. The number of nitrogens with zero attached hydrogens (tertiary/aromatic N) is 4. The number of hydrogen-bond donors (Lipinski definition) is 0. The van der Waals surface area contributed by atoms with Crippen molar-refractivity contribution in [3.63, 3.8) is 0 Å². The third-order valence-electron chi connectivity index (χ3n) is 3.48. The fourth-order valence-corrected chi connectivity index (χ4v) is 2.37. The van der Waals surface area contributed by atoms with Crippen molar-refractivity contribution in [3.05, 3.63) is 29.7 Å². The van der Waals surface area contributed by atoms with E-state index in [9.17, 15) is 0 Å². The summed E-state index contributed by atoms with van der Waals surface area (Å²) in [6, 6.07) is 1.95. The van der Waals surface area contributed by atoms with Gasteiger partial charge in [-0.25, -0.2) is 0 Å². The smallest absolute Gasteiger partial charge is 0.248 e. The van der Waals surface area contributed by atoms with Crippen LogP contribution >= 0.6 is 0 Å². The number of ether oxygens (including phenoxy) is 1. The fourth-order valence-electron chi connectivity index (χ4n) is 2.37. The van der Waals surface area contributed by atoms with Crippen molar-refractivity contribution >= 4 is 0 Å². The summed E-state index contributed by atoms with van der Waals surface area (Å²) in [7, 11) is 0. The van der Waals surface area contributed by atoms with Crippen molar-refractivity contribution in [2.45, 2.75) is 45.3 Å². The van der Waals surface area contributed by atoms with Crippen LogP contribution in [0.5, 0.6) is 0 Å². The molecule has 0 spiro atoms. The lowest BCUT2D eigenvalue weighted by Crippen LogP contribution is -2.16. The highest BCUT2D eigenvalue weighted by atomic mass is 16.5. The SMILES string of the molecule is Cc1ccn(Cc2nc(C(C)C3CCCO3)no2)n1. The van der Waals surface area contributed by atoms with E-state index < -0.39 is 0 Å². The highest BCUT2D eigenvalue weighted by molar-refractivity contribution is 5.00. The summed E-state index contributed by atoms with van der Waals surface area (Å²) >= 11 is 0. The topological polar surface area (TPSA) is 66.0 Å². The van der Waals surface area contributed by atoms with E-state index in [1.807, 2.05) is 19.2 Å². The number of rotatable bonds is 4. The quantitative estimate of drug-likeness (QED) is 0.842. The Morgan fingerprint density at radius 3 is 3.11 bits per heavy atom. The minimum absolute atomic E-state index is 0.180. The molecule has 0 radical (unpaired) electrons. The van der Waals surface area contributed by atoms with Gasteiger partial charge in [0.2, 0.25) is 5.89 Å². The lowest BCUT2D eigenvalue weighted by molar-refractivity contribution is 0.0902. The summed E-state index contributed by atoms with van der Waals surface area (Å²) in [6.45, 7) is 5.39. The van der Waals surface area contributed by atoms with Gasteiger partial charge in [0.25, 0.3) is 0 Å². The molecule has 2 aromatic heterocycles. The monoisotopic (exact) mass is 262 g/mol. The Bertz CT molecular complexity index is 542. The molecule has 6 heteroatoms. The first-order valence-electron chi connectivity index (χ1n) is 6.66. The third kappa shape index (κ3) is 2.68. The zero-order valence-corrected chi connectivity index (χ0v) is 11.2. The first-order valence-corrected chi connectivity index (χ1v) is 6.66. The van der Waals surface area contributed by atoms with Crippen molar-refractivity contribution in [1.82, 2.24) is 19.9 Å². The van der Waals surface area contributed by atoms with Gasteiger partial charge in [-0.3, -0.25) is 4.68 Å². The Morgan fingerprint density at radius 2 is 2.42 bits per heavy atom. The van der Waals surface area contributed by atoms with E-state index in [0.717, 1.165) is 31.0 Å². The summed E-state index contributed by atoms with van der Waals surface area (Å²) in [6.07, 6.45) is 4.32. The average Bonchev–Trinajstić information content (AvgIpc) is 3.10. The van der Waals surface area contributed by atoms with Crippen LogP contribution in [-0.2, 0) is 11.3 Å². The molecular weight excluding hydrogens is 244 g/mol. The molecule has 2 unspecified atom stereocenters. The normalized spacial score (nSPS) is 20.8. The second-order valence-corrected chi connectivity index (χ2v) is 5.04. The van der Waals surface area contributed by atoms with Crippen molar-refractivity contribution in [1.29, 1.82) is 0 Å². The minimum atomic E-state index is 0.180. The Labute approximate surface area is 111 Å². The van der Waals surface area contributed by atoms with Crippen molar-refractivity contribution in [2.24, 2.45) is 0 Å². The highest BCUT2D eigenvalue weighted by Crippen LogP contribution is 2.26. The minimum Gasteiger partial charge on any atom is -0.377 e. The van der Waals surface area contributed by atoms with Gasteiger partial charge in [0, 0.05) is 18.7 Å². The molecule has 0 amide bonds. The molecule has 3 rings (SSSR count). The molecule has 6 nitrogen and oxygen atoms in total. The molecular formula is C13H18N4O2. The Hall–Kier alpha value is -1.69. The third-order valence-corrected chi connectivity index (χ3v) is 3.48. The average molecular weight is 262 g/mol. The second kappa shape index (κ2) is 5.13. The van der Waals surface area contributed by atoms with Crippen LogP contribution in [0.1, 0.15) is 43.1 Å². The van der Waals surface area contributed by atoms with E-state index in [1.54, 1.807) is 4.68 Å². The Kier molecular flexibility index (Phi) is 3.33. The lowest BCUT2D eigenvalue weighted by atomic mass is 10.0. The van der Waals surface area contributed by atoms with Gasteiger partial charge in [0.15, 0.2) is 5.82 Å². The first-order chi connectivity index (χ1) is 9.22. The molecule has 0 saturated carbocycles. The van der Waals surface area contributed by atoms with Gasteiger partial charge in [0.05, 0.1) is 11.8 Å². The predicted molar refractivity (Wildman–Crippen MR) is 67.8 cm³/mol. The number of hydrogen-bond acceptors (Lipinski definition) is 5. The van der Waals surface area contributed by atoms with Crippen molar-refractivity contribution < 1.29 is 9.26 Å². The molecule has 0 aromatic carbocycles. The van der Waals surface area contributed by atoms with Gasteiger partial charge >= 0.3 is 0 Å².